The van der Waals surface area contributed by atoms with Crippen LogP contribution < -0.4 is 10.6 Å². The highest BCUT2D eigenvalue weighted by atomic mass is 15.2. The molecule has 6 nitrogen and oxygen atoms in total. The van der Waals surface area contributed by atoms with Gasteiger partial charge in [-0.15, -0.1) is 10.2 Å². The van der Waals surface area contributed by atoms with Crippen LogP contribution >= 0.6 is 0 Å². The smallest absolute Gasteiger partial charge is 0.191 e. The molecule has 0 saturated carbocycles. The summed E-state index contributed by atoms with van der Waals surface area (Å²) in [5, 5.41) is 15.3. The van der Waals surface area contributed by atoms with Crippen molar-refractivity contribution in [3.63, 3.8) is 0 Å². The van der Waals surface area contributed by atoms with E-state index in [-0.39, 0.29) is 0 Å². The van der Waals surface area contributed by atoms with Crippen LogP contribution in [0.5, 0.6) is 0 Å². The third-order valence-electron chi connectivity index (χ3n) is 4.73. The lowest BCUT2D eigenvalue weighted by Gasteiger charge is -2.14. The van der Waals surface area contributed by atoms with E-state index in [9.17, 15) is 0 Å². The minimum atomic E-state index is 0.387. The van der Waals surface area contributed by atoms with E-state index in [1.54, 1.807) is 0 Å². The first-order chi connectivity index (χ1) is 13.7. The molecule has 6 heteroatoms. The van der Waals surface area contributed by atoms with Crippen molar-refractivity contribution in [3.05, 3.63) is 65.6 Å². The molecule has 148 valence electrons. The highest BCUT2D eigenvalue weighted by Gasteiger charge is 2.07. The van der Waals surface area contributed by atoms with Crippen molar-refractivity contribution in [2.45, 2.75) is 39.5 Å². The van der Waals surface area contributed by atoms with Gasteiger partial charge in [-0.25, -0.2) is 0 Å². The van der Waals surface area contributed by atoms with Crippen LogP contribution in [-0.4, -0.2) is 40.2 Å². The summed E-state index contributed by atoms with van der Waals surface area (Å²) in [6.07, 6.45) is 3.85. The third kappa shape index (κ3) is 5.31. The van der Waals surface area contributed by atoms with Gasteiger partial charge in [-0.05, 0) is 38.0 Å². The number of aliphatic imine (C=N–C) groups is 1. The molecule has 0 fully saturated rings. The molecule has 0 saturated heterocycles. The molecule has 1 atom stereocenters. The van der Waals surface area contributed by atoms with Crippen LogP contribution in [0, 0.1) is 6.92 Å². The maximum atomic E-state index is 4.77. The molecular formula is C22H30N6. The summed E-state index contributed by atoms with van der Waals surface area (Å²) in [6, 6.07) is 14.6. The number of rotatable bonds is 8. The fraction of sp³-hybridized carbons (Fsp3) is 0.409. The average molecular weight is 379 g/mol. The van der Waals surface area contributed by atoms with Gasteiger partial charge in [-0.3, -0.25) is 9.39 Å². The van der Waals surface area contributed by atoms with Gasteiger partial charge in [-0.2, -0.15) is 0 Å². The predicted octanol–water partition coefficient (Wildman–Crippen LogP) is 3.33. The van der Waals surface area contributed by atoms with Crippen LogP contribution in [-0.2, 0) is 6.42 Å². The van der Waals surface area contributed by atoms with E-state index >= 15 is 0 Å². The Balaban J connectivity index is 1.50. The number of aryl methyl sites for hydroxylation is 2. The molecule has 3 aromatic rings. The predicted molar refractivity (Wildman–Crippen MR) is 115 cm³/mol. The maximum absolute atomic E-state index is 4.77. The summed E-state index contributed by atoms with van der Waals surface area (Å²) >= 11 is 0. The number of nitrogens with one attached hydrogen (secondary N) is 2. The summed E-state index contributed by atoms with van der Waals surface area (Å²) in [4.78, 5) is 4.77. The van der Waals surface area contributed by atoms with Gasteiger partial charge in [0.05, 0.1) is 0 Å². The topological polar surface area (TPSA) is 66.6 Å². The van der Waals surface area contributed by atoms with Gasteiger partial charge in [0.1, 0.15) is 5.82 Å². The molecule has 2 aromatic heterocycles. The summed E-state index contributed by atoms with van der Waals surface area (Å²) in [5.41, 5.74) is 3.52. The molecule has 1 aromatic carbocycles. The Kier molecular flexibility index (Phi) is 7.00. The lowest BCUT2D eigenvalue weighted by atomic mass is 10.00. The second kappa shape index (κ2) is 9.88. The molecule has 0 aliphatic carbocycles. The van der Waals surface area contributed by atoms with Crippen molar-refractivity contribution in [1.82, 2.24) is 25.2 Å². The van der Waals surface area contributed by atoms with Crippen molar-refractivity contribution in [3.8, 4) is 0 Å². The maximum Gasteiger partial charge on any atom is 0.191 e. The number of pyridine rings is 1. The number of nitrogens with zero attached hydrogens (tertiary/aromatic N) is 4. The third-order valence-corrected chi connectivity index (χ3v) is 4.73. The van der Waals surface area contributed by atoms with Crippen molar-refractivity contribution < 1.29 is 0 Å². The fourth-order valence-corrected chi connectivity index (χ4v) is 3.17. The summed E-state index contributed by atoms with van der Waals surface area (Å²) in [5.74, 6) is 2.25. The van der Waals surface area contributed by atoms with Crippen LogP contribution in [0.2, 0.25) is 0 Å². The second-order valence-corrected chi connectivity index (χ2v) is 7.11. The molecule has 0 bridgehead atoms. The number of aromatic nitrogens is 3. The average Bonchev–Trinajstić information content (AvgIpc) is 3.12. The molecule has 0 aliphatic heterocycles. The summed E-state index contributed by atoms with van der Waals surface area (Å²) < 4.78 is 2.04. The fourth-order valence-electron chi connectivity index (χ4n) is 3.17. The zero-order valence-electron chi connectivity index (χ0n) is 17.0. The van der Waals surface area contributed by atoms with E-state index < -0.39 is 0 Å². The lowest BCUT2D eigenvalue weighted by molar-refractivity contribution is 0.706. The number of hydrogen-bond acceptors (Lipinski definition) is 3. The van der Waals surface area contributed by atoms with E-state index in [0.29, 0.717) is 5.92 Å². The van der Waals surface area contributed by atoms with Gasteiger partial charge >= 0.3 is 0 Å². The monoisotopic (exact) mass is 378 g/mol. The van der Waals surface area contributed by atoms with E-state index in [1.165, 1.54) is 11.1 Å². The number of guanidine groups is 1. The lowest BCUT2D eigenvalue weighted by Crippen LogP contribution is -2.38. The summed E-state index contributed by atoms with van der Waals surface area (Å²) in [7, 11) is 0. The van der Waals surface area contributed by atoms with Gasteiger partial charge in [0.25, 0.3) is 0 Å². The zero-order valence-corrected chi connectivity index (χ0v) is 17.0. The zero-order chi connectivity index (χ0) is 19.8. The van der Waals surface area contributed by atoms with Crippen LogP contribution in [0.25, 0.3) is 5.65 Å². The van der Waals surface area contributed by atoms with E-state index in [0.717, 1.165) is 49.9 Å². The quantitative estimate of drug-likeness (QED) is 0.358. The van der Waals surface area contributed by atoms with Crippen LogP contribution in [0.1, 0.15) is 43.1 Å². The Morgan fingerprint density at radius 3 is 2.86 bits per heavy atom. The Bertz CT molecular complexity index is 914. The Labute approximate surface area is 167 Å². The van der Waals surface area contributed by atoms with Gasteiger partial charge in [0.15, 0.2) is 11.6 Å². The summed E-state index contributed by atoms with van der Waals surface area (Å²) in [6.45, 7) is 8.88. The first-order valence-corrected chi connectivity index (χ1v) is 10.0. The number of benzene rings is 1. The molecule has 2 N–H and O–H groups in total. The van der Waals surface area contributed by atoms with Gasteiger partial charge < -0.3 is 10.6 Å². The normalized spacial score (nSPS) is 12.9. The molecule has 28 heavy (non-hydrogen) atoms. The first-order valence-electron chi connectivity index (χ1n) is 10.0. The number of hydrogen-bond donors (Lipinski definition) is 2. The first kappa shape index (κ1) is 19.9. The minimum absolute atomic E-state index is 0.387. The highest BCUT2D eigenvalue weighted by molar-refractivity contribution is 5.79. The van der Waals surface area contributed by atoms with Crippen molar-refractivity contribution in [2.24, 2.45) is 4.99 Å². The van der Waals surface area contributed by atoms with E-state index in [4.69, 9.17) is 4.99 Å². The Morgan fingerprint density at radius 1 is 1.14 bits per heavy atom. The van der Waals surface area contributed by atoms with Crippen molar-refractivity contribution in [1.29, 1.82) is 0 Å². The molecule has 3 rings (SSSR count). The Hall–Kier alpha value is -2.89. The molecule has 0 amide bonds. The molecule has 0 spiro atoms. The standard InChI is InChI=1S/C22H30N6/c1-4-23-22(25-16-18(3)19-10-7-9-17(2)15-19)24-13-8-12-21-27-26-20-11-5-6-14-28(20)21/h5-7,9-11,14-15,18H,4,8,12-13,16H2,1-3H3,(H2,23,24,25). The molecular weight excluding hydrogens is 348 g/mol. The van der Waals surface area contributed by atoms with E-state index in [1.807, 2.05) is 28.8 Å². The molecule has 1 unspecified atom stereocenters. The number of fused-ring (bicyclic) bond motifs is 1. The van der Waals surface area contributed by atoms with Gasteiger partial charge in [0, 0.05) is 38.2 Å². The minimum Gasteiger partial charge on any atom is -0.357 e. The van der Waals surface area contributed by atoms with Crippen LogP contribution in [0.15, 0.2) is 53.7 Å². The largest absolute Gasteiger partial charge is 0.357 e. The molecule has 0 radical (unpaired) electrons. The highest BCUT2D eigenvalue weighted by Crippen LogP contribution is 2.16. The van der Waals surface area contributed by atoms with Crippen molar-refractivity contribution in [2.75, 3.05) is 19.6 Å². The Morgan fingerprint density at radius 2 is 2.04 bits per heavy atom. The van der Waals surface area contributed by atoms with E-state index in [2.05, 4.69) is 65.9 Å². The molecule has 0 aliphatic rings. The van der Waals surface area contributed by atoms with Gasteiger partial charge in [-0.1, -0.05) is 42.8 Å². The second-order valence-electron chi connectivity index (χ2n) is 7.11. The van der Waals surface area contributed by atoms with Crippen LogP contribution in [0.3, 0.4) is 0 Å². The molecule has 2 heterocycles. The van der Waals surface area contributed by atoms with Gasteiger partial charge in [0.2, 0.25) is 0 Å². The van der Waals surface area contributed by atoms with Crippen LogP contribution in [0.4, 0.5) is 0 Å². The SMILES string of the molecule is CCNC(=NCC(C)c1cccc(C)c1)NCCCc1nnc2ccccn12. The van der Waals surface area contributed by atoms with Crippen molar-refractivity contribution >= 4 is 11.6 Å².